The van der Waals surface area contributed by atoms with Crippen molar-refractivity contribution in [2.45, 2.75) is 44.4 Å². The molecule has 1 amide bonds. The minimum Gasteiger partial charge on any atom is -0.478 e. The SMILES string of the molecule is CC(C)(Oc1ccc(Cl)cc1)C(=O)N1[C@H]2CC[C@H]1COC2. The summed E-state index contributed by atoms with van der Waals surface area (Å²) in [5.41, 5.74) is -0.897. The second-order valence-electron chi connectivity index (χ2n) is 6.20. The monoisotopic (exact) mass is 309 g/mol. The highest BCUT2D eigenvalue weighted by atomic mass is 35.5. The van der Waals surface area contributed by atoms with Gasteiger partial charge in [0.1, 0.15) is 5.75 Å². The molecule has 2 fully saturated rings. The average Bonchev–Trinajstić information content (AvgIpc) is 2.69. The van der Waals surface area contributed by atoms with Crippen LogP contribution in [0.2, 0.25) is 5.02 Å². The summed E-state index contributed by atoms with van der Waals surface area (Å²) in [4.78, 5) is 14.8. The third-order valence-electron chi connectivity index (χ3n) is 4.18. The molecule has 2 heterocycles. The molecule has 3 rings (SSSR count). The zero-order chi connectivity index (χ0) is 15.0. The Balaban J connectivity index is 1.74. The van der Waals surface area contributed by atoms with Gasteiger partial charge >= 0.3 is 0 Å². The van der Waals surface area contributed by atoms with Gasteiger partial charge in [0.15, 0.2) is 5.60 Å². The maximum absolute atomic E-state index is 12.9. The lowest BCUT2D eigenvalue weighted by atomic mass is 10.1. The minimum absolute atomic E-state index is 0.0354. The van der Waals surface area contributed by atoms with Crippen molar-refractivity contribution in [3.63, 3.8) is 0 Å². The molecule has 0 radical (unpaired) electrons. The van der Waals surface area contributed by atoms with Gasteiger partial charge in [0, 0.05) is 5.02 Å². The van der Waals surface area contributed by atoms with Crippen molar-refractivity contribution in [1.29, 1.82) is 0 Å². The summed E-state index contributed by atoms with van der Waals surface area (Å²) in [6.07, 6.45) is 2.04. The molecule has 0 spiro atoms. The lowest BCUT2D eigenvalue weighted by Crippen LogP contribution is -2.57. The number of morpholine rings is 1. The largest absolute Gasteiger partial charge is 0.478 e. The molecule has 1 aromatic rings. The van der Waals surface area contributed by atoms with Crippen LogP contribution in [-0.4, -0.2) is 41.7 Å². The summed E-state index contributed by atoms with van der Waals surface area (Å²) in [6, 6.07) is 7.48. The van der Waals surface area contributed by atoms with Gasteiger partial charge in [-0.1, -0.05) is 11.6 Å². The quantitative estimate of drug-likeness (QED) is 0.862. The molecule has 2 atom stereocenters. The molecule has 2 aliphatic heterocycles. The number of ether oxygens (including phenoxy) is 2. The molecule has 0 N–H and O–H groups in total. The minimum atomic E-state index is -0.897. The van der Waals surface area contributed by atoms with E-state index in [-0.39, 0.29) is 18.0 Å². The zero-order valence-electron chi connectivity index (χ0n) is 12.3. The normalized spacial score (nSPS) is 25.0. The predicted molar refractivity (Wildman–Crippen MR) is 80.6 cm³/mol. The van der Waals surface area contributed by atoms with E-state index >= 15 is 0 Å². The van der Waals surface area contributed by atoms with Gasteiger partial charge in [-0.15, -0.1) is 0 Å². The second-order valence-corrected chi connectivity index (χ2v) is 6.64. The lowest BCUT2D eigenvalue weighted by Gasteiger charge is -2.39. The lowest BCUT2D eigenvalue weighted by molar-refractivity contribution is -0.155. The number of benzene rings is 1. The van der Waals surface area contributed by atoms with Gasteiger partial charge < -0.3 is 14.4 Å². The molecule has 0 saturated carbocycles. The Morgan fingerprint density at radius 3 is 2.38 bits per heavy atom. The predicted octanol–water partition coefficient (Wildman–Crippen LogP) is 2.89. The van der Waals surface area contributed by atoms with Gasteiger partial charge in [0.25, 0.3) is 5.91 Å². The molecule has 0 aromatic heterocycles. The van der Waals surface area contributed by atoms with E-state index in [1.165, 1.54) is 0 Å². The Hall–Kier alpha value is -1.26. The number of nitrogens with zero attached hydrogens (tertiary/aromatic N) is 1. The van der Waals surface area contributed by atoms with Gasteiger partial charge in [-0.2, -0.15) is 0 Å². The van der Waals surface area contributed by atoms with Gasteiger partial charge in [-0.05, 0) is 51.0 Å². The van der Waals surface area contributed by atoms with Gasteiger partial charge in [-0.25, -0.2) is 0 Å². The smallest absolute Gasteiger partial charge is 0.266 e. The van der Waals surface area contributed by atoms with Crippen LogP contribution < -0.4 is 4.74 Å². The van der Waals surface area contributed by atoms with Crippen LogP contribution in [0.4, 0.5) is 0 Å². The van der Waals surface area contributed by atoms with E-state index in [1.54, 1.807) is 24.3 Å². The van der Waals surface area contributed by atoms with Crippen molar-refractivity contribution in [3.05, 3.63) is 29.3 Å². The number of carbonyl (C=O) groups excluding carboxylic acids is 1. The molecular weight excluding hydrogens is 290 g/mol. The first-order chi connectivity index (χ1) is 9.97. The molecule has 2 bridgehead atoms. The summed E-state index contributed by atoms with van der Waals surface area (Å²) >= 11 is 5.87. The van der Waals surface area contributed by atoms with Crippen LogP contribution in [0, 0.1) is 0 Å². The number of hydrogen-bond donors (Lipinski definition) is 0. The van der Waals surface area contributed by atoms with Crippen molar-refractivity contribution in [2.75, 3.05) is 13.2 Å². The highest BCUT2D eigenvalue weighted by molar-refractivity contribution is 6.30. The summed E-state index contributed by atoms with van der Waals surface area (Å²) in [6.45, 7) is 4.91. The first kappa shape index (κ1) is 14.7. The molecule has 0 unspecified atom stereocenters. The van der Waals surface area contributed by atoms with Crippen LogP contribution in [0.1, 0.15) is 26.7 Å². The Morgan fingerprint density at radius 1 is 1.24 bits per heavy atom. The third-order valence-corrected chi connectivity index (χ3v) is 4.43. The van der Waals surface area contributed by atoms with Crippen LogP contribution in [0.3, 0.4) is 0 Å². The van der Waals surface area contributed by atoms with E-state index < -0.39 is 5.60 Å². The average molecular weight is 310 g/mol. The summed E-state index contributed by atoms with van der Waals surface area (Å²) in [5, 5.41) is 0.651. The van der Waals surface area contributed by atoms with E-state index in [0.29, 0.717) is 24.0 Å². The van der Waals surface area contributed by atoms with Gasteiger partial charge in [-0.3, -0.25) is 4.79 Å². The first-order valence-corrected chi connectivity index (χ1v) is 7.70. The Morgan fingerprint density at radius 2 is 1.81 bits per heavy atom. The second kappa shape index (κ2) is 5.50. The Bertz CT molecular complexity index is 513. The third kappa shape index (κ3) is 2.87. The highest BCUT2D eigenvalue weighted by Crippen LogP contribution is 2.32. The number of hydrogen-bond acceptors (Lipinski definition) is 3. The fourth-order valence-corrected chi connectivity index (χ4v) is 3.24. The van der Waals surface area contributed by atoms with Crippen molar-refractivity contribution in [3.8, 4) is 5.75 Å². The van der Waals surface area contributed by atoms with Crippen LogP contribution in [-0.2, 0) is 9.53 Å². The number of carbonyl (C=O) groups is 1. The van der Waals surface area contributed by atoms with Crippen molar-refractivity contribution in [2.24, 2.45) is 0 Å². The molecule has 2 saturated heterocycles. The van der Waals surface area contributed by atoms with Crippen LogP contribution >= 0.6 is 11.6 Å². The number of rotatable bonds is 3. The van der Waals surface area contributed by atoms with Crippen molar-refractivity contribution >= 4 is 17.5 Å². The summed E-state index contributed by atoms with van der Waals surface area (Å²) in [5.74, 6) is 0.687. The van der Waals surface area contributed by atoms with E-state index in [4.69, 9.17) is 21.1 Å². The summed E-state index contributed by atoms with van der Waals surface area (Å²) in [7, 11) is 0. The van der Waals surface area contributed by atoms with E-state index in [9.17, 15) is 4.79 Å². The van der Waals surface area contributed by atoms with Crippen molar-refractivity contribution in [1.82, 2.24) is 4.90 Å². The van der Waals surface area contributed by atoms with E-state index in [0.717, 1.165) is 12.8 Å². The topological polar surface area (TPSA) is 38.8 Å². The van der Waals surface area contributed by atoms with Crippen LogP contribution in [0.25, 0.3) is 0 Å². The van der Waals surface area contributed by atoms with Gasteiger partial charge in [0.2, 0.25) is 0 Å². The number of fused-ring (bicyclic) bond motifs is 2. The number of halogens is 1. The standard InChI is InChI=1S/C16H20ClNO3/c1-16(2,21-14-7-3-11(17)4-8-14)15(19)18-12-5-6-13(18)10-20-9-12/h3-4,7-8,12-13H,5-6,9-10H2,1-2H3/t12-,13-/m0/s1. The zero-order valence-corrected chi connectivity index (χ0v) is 13.1. The summed E-state index contributed by atoms with van der Waals surface area (Å²) < 4.78 is 11.4. The first-order valence-electron chi connectivity index (χ1n) is 7.32. The maximum Gasteiger partial charge on any atom is 0.266 e. The van der Waals surface area contributed by atoms with Crippen LogP contribution in [0.5, 0.6) is 5.75 Å². The highest BCUT2D eigenvalue weighted by Gasteiger charge is 2.46. The molecule has 4 nitrogen and oxygen atoms in total. The van der Waals surface area contributed by atoms with E-state index in [2.05, 4.69) is 0 Å². The molecular formula is C16H20ClNO3. The molecule has 0 aliphatic carbocycles. The molecule has 21 heavy (non-hydrogen) atoms. The fraction of sp³-hybridized carbons (Fsp3) is 0.562. The molecule has 2 aliphatic rings. The number of amides is 1. The molecule has 1 aromatic carbocycles. The van der Waals surface area contributed by atoms with Crippen LogP contribution in [0.15, 0.2) is 24.3 Å². The molecule has 5 heteroatoms. The fourth-order valence-electron chi connectivity index (χ4n) is 3.11. The van der Waals surface area contributed by atoms with Crippen molar-refractivity contribution < 1.29 is 14.3 Å². The Labute approximate surface area is 130 Å². The van der Waals surface area contributed by atoms with E-state index in [1.807, 2.05) is 18.7 Å². The van der Waals surface area contributed by atoms with Gasteiger partial charge in [0.05, 0.1) is 25.3 Å². The molecule has 114 valence electrons. The Kier molecular flexibility index (Phi) is 3.84. The maximum atomic E-state index is 12.9.